The van der Waals surface area contributed by atoms with Crippen molar-refractivity contribution in [3.63, 3.8) is 0 Å². The number of amides is 1. The van der Waals surface area contributed by atoms with Gasteiger partial charge in [-0.25, -0.2) is 4.68 Å². The molecule has 0 unspecified atom stereocenters. The highest BCUT2D eigenvalue weighted by molar-refractivity contribution is 6.44. The van der Waals surface area contributed by atoms with Crippen LogP contribution in [0.1, 0.15) is 34.6 Å². The third-order valence-corrected chi connectivity index (χ3v) is 6.24. The summed E-state index contributed by atoms with van der Waals surface area (Å²) in [7, 11) is 0. The average Bonchev–Trinajstić information content (AvgIpc) is 3.41. The monoisotopic (exact) mass is 498 g/mol. The van der Waals surface area contributed by atoms with E-state index in [1.807, 2.05) is 0 Å². The number of rotatable bonds is 3. The van der Waals surface area contributed by atoms with Crippen molar-refractivity contribution >= 4 is 40.6 Å². The molecular formula is C21H15Cl2F3N4O3. The van der Waals surface area contributed by atoms with Gasteiger partial charge >= 0.3 is 6.18 Å². The van der Waals surface area contributed by atoms with Gasteiger partial charge in [0.05, 0.1) is 21.8 Å². The summed E-state index contributed by atoms with van der Waals surface area (Å²) >= 11 is 12.0. The lowest BCUT2D eigenvalue weighted by atomic mass is 9.96. The summed E-state index contributed by atoms with van der Waals surface area (Å²) in [4.78, 5) is 12.7. The molecule has 1 amide bonds. The molecule has 7 nitrogen and oxygen atoms in total. The van der Waals surface area contributed by atoms with Crippen molar-refractivity contribution in [1.29, 1.82) is 0 Å². The first kappa shape index (κ1) is 21.7. The Morgan fingerprint density at radius 1 is 1.15 bits per heavy atom. The molecule has 0 bridgehead atoms. The van der Waals surface area contributed by atoms with Crippen LogP contribution in [0, 0.1) is 0 Å². The second-order valence-corrected chi connectivity index (χ2v) is 8.30. The van der Waals surface area contributed by atoms with Crippen LogP contribution >= 0.6 is 23.2 Å². The van der Waals surface area contributed by atoms with Crippen molar-refractivity contribution in [1.82, 2.24) is 9.78 Å². The SMILES string of the molecule is O=C(Nc1cccc(Cl)c1Cl)c1cc2n(n1)[C@@H](C(F)(F)F)C[C@@H](c1ccc3c(c1)OCO3)N2. The Kier molecular flexibility index (Phi) is 5.29. The standard InChI is InChI=1S/C21H15Cl2F3N4O3/c22-11-2-1-3-12(19(11)23)28-20(31)14-8-18-27-13(7-17(21(24,25)26)30(18)29-14)10-4-5-15-16(6-10)33-9-32-15/h1-6,8,13,17,27H,7,9H2,(H,28,31)/t13-,17+/m0/s1. The molecule has 1 aromatic heterocycles. The largest absolute Gasteiger partial charge is 0.454 e. The Morgan fingerprint density at radius 3 is 2.73 bits per heavy atom. The van der Waals surface area contributed by atoms with E-state index in [1.165, 1.54) is 12.1 Å². The zero-order valence-corrected chi connectivity index (χ0v) is 18.1. The molecule has 2 aliphatic heterocycles. The first-order valence-corrected chi connectivity index (χ1v) is 10.5. The molecule has 0 radical (unpaired) electrons. The van der Waals surface area contributed by atoms with Gasteiger partial charge in [-0.05, 0) is 29.8 Å². The smallest absolute Gasteiger partial charge is 0.410 e. The molecule has 172 valence electrons. The highest BCUT2D eigenvalue weighted by Gasteiger charge is 2.47. The normalized spacial score (nSPS) is 19.1. The first-order valence-electron chi connectivity index (χ1n) is 9.78. The topological polar surface area (TPSA) is 77.4 Å². The number of fused-ring (bicyclic) bond motifs is 2. The lowest BCUT2D eigenvalue weighted by molar-refractivity contribution is -0.173. The number of anilines is 2. The number of hydrogen-bond acceptors (Lipinski definition) is 5. The molecule has 0 saturated carbocycles. The van der Waals surface area contributed by atoms with Gasteiger partial charge in [-0.2, -0.15) is 18.3 Å². The number of hydrogen-bond donors (Lipinski definition) is 2. The lowest BCUT2D eigenvalue weighted by Gasteiger charge is -2.33. The Morgan fingerprint density at radius 2 is 1.94 bits per heavy atom. The maximum atomic E-state index is 13.9. The van der Waals surface area contributed by atoms with E-state index in [1.54, 1.807) is 30.3 Å². The van der Waals surface area contributed by atoms with Crippen LogP contribution in [0.2, 0.25) is 10.0 Å². The van der Waals surface area contributed by atoms with E-state index in [0.29, 0.717) is 17.1 Å². The highest BCUT2D eigenvalue weighted by Crippen LogP contribution is 2.45. The number of alkyl halides is 3. The Bertz CT molecular complexity index is 1250. The molecule has 0 fully saturated rings. The number of ether oxygens (including phenoxy) is 2. The van der Waals surface area contributed by atoms with Gasteiger partial charge in [-0.15, -0.1) is 0 Å². The fraction of sp³-hybridized carbons (Fsp3) is 0.238. The summed E-state index contributed by atoms with van der Waals surface area (Å²) in [6, 6.07) is 8.28. The van der Waals surface area contributed by atoms with Gasteiger partial charge in [0.2, 0.25) is 6.79 Å². The maximum absolute atomic E-state index is 13.9. The summed E-state index contributed by atoms with van der Waals surface area (Å²) in [5.41, 5.74) is 0.616. The van der Waals surface area contributed by atoms with Gasteiger partial charge < -0.3 is 20.1 Å². The molecule has 0 saturated heterocycles. The molecule has 12 heteroatoms. The number of benzene rings is 2. The molecule has 3 heterocycles. The van der Waals surface area contributed by atoms with Crippen molar-refractivity contribution in [2.75, 3.05) is 17.4 Å². The molecule has 2 N–H and O–H groups in total. The molecule has 2 aliphatic rings. The zero-order valence-electron chi connectivity index (χ0n) is 16.6. The molecule has 2 aromatic carbocycles. The summed E-state index contributed by atoms with van der Waals surface area (Å²) < 4.78 is 53.1. The van der Waals surface area contributed by atoms with E-state index in [-0.39, 0.29) is 40.5 Å². The summed E-state index contributed by atoms with van der Waals surface area (Å²) in [5.74, 6) is 0.345. The van der Waals surface area contributed by atoms with Crippen LogP contribution in [0.4, 0.5) is 24.7 Å². The van der Waals surface area contributed by atoms with Crippen LogP contribution in [-0.4, -0.2) is 28.7 Å². The van der Waals surface area contributed by atoms with Crippen LogP contribution in [0.15, 0.2) is 42.5 Å². The molecule has 0 aliphatic carbocycles. The van der Waals surface area contributed by atoms with E-state index in [2.05, 4.69) is 15.7 Å². The molecule has 5 rings (SSSR count). The predicted molar refractivity (Wildman–Crippen MR) is 115 cm³/mol. The van der Waals surface area contributed by atoms with E-state index in [0.717, 1.165) is 4.68 Å². The van der Waals surface area contributed by atoms with Crippen LogP contribution < -0.4 is 20.1 Å². The summed E-state index contributed by atoms with van der Waals surface area (Å²) in [5, 5.41) is 9.85. The Labute approximate surface area is 195 Å². The van der Waals surface area contributed by atoms with Gasteiger partial charge in [0.15, 0.2) is 23.2 Å². The number of aromatic nitrogens is 2. The van der Waals surface area contributed by atoms with Gasteiger partial charge in [0.1, 0.15) is 5.82 Å². The van der Waals surface area contributed by atoms with Crippen molar-refractivity contribution in [3.05, 3.63) is 63.8 Å². The van der Waals surface area contributed by atoms with E-state index in [9.17, 15) is 18.0 Å². The van der Waals surface area contributed by atoms with Crippen molar-refractivity contribution in [3.8, 4) is 11.5 Å². The highest BCUT2D eigenvalue weighted by atomic mass is 35.5. The second kappa shape index (κ2) is 8.03. The molecule has 3 aromatic rings. The van der Waals surface area contributed by atoms with Gasteiger partial charge in [-0.1, -0.05) is 35.3 Å². The number of nitrogens with zero attached hydrogens (tertiary/aromatic N) is 2. The molecule has 0 spiro atoms. The molecule has 2 atom stereocenters. The minimum Gasteiger partial charge on any atom is -0.454 e. The third kappa shape index (κ3) is 4.04. The van der Waals surface area contributed by atoms with Gasteiger partial charge in [0.25, 0.3) is 5.91 Å². The van der Waals surface area contributed by atoms with Crippen molar-refractivity contribution < 1.29 is 27.4 Å². The van der Waals surface area contributed by atoms with Crippen LogP contribution in [0.5, 0.6) is 11.5 Å². The minimum absolute atomic E-state index is 0.0595. The summed E-state index contributed by atoms with van der Waals surface area (Å²) in [6.07, 6.45) is -4.90. The third-order valence-electron chi connectivity index (χ3n) is 5.42. The zero-order chi connectivity index (χ0) is 23.3. The summed E-state index contributed by atoms with van der Waals surface area (Å²) in [6.45, 7) is 0.0595. The number of carbonyl (C=O) groups excluding carboxylic acids is 1. The maximum Gasteiger partial charge on any atom is 0.410 e. The van der Waals surface area contributed by atoms with E-state index < -0.39 is 24.2 Å². The number of halogens is 5. The minimum atomic E-state index is -4.58. The van der Waals surface area contributed by atoms with Crippen molar-refractivity contribution in [2.45, 2.75) is 24.7 Å². The average molecular weight is 499 g/mol. The van der Waals surface area contributed by atoms with Crippen LogP contribution in [0.3, 0.4) is 0 Å². The number of nitrogens with one attached hydrogen (secondary N) is 2. The van der Waals surface area contributed by atoms with E-state index in [4.69, 9.17) is 32.7 Å². The fourth-order valence-electron chi connectivity index (χ4n) is 3.82. The van der Waals surface area contributed by atoms with Crippen LogP contribution in [-0.2, 0) is 0 Å². The Hall–Kier alpha value is -3.11. The van der Waals surface area contributed by atoms with Gasteiger partial charge in [0, 0.05) is 12.5 Å². The number of carbonyl (C=O) groups is 1. The quantitative estimate of drug-likeness (QED) is 0.474. The van der Waals surface area contributed by atoms with Gasteiger partial charge in [-0.3, -0.25) is 4.79 Å². The second-order valence-electron chi connectivity index (χ2n) is 7.52. The van der Waals surface area contributed by atoms with Crippen LogP contribution in [0.25, 0.3) is 0 Å². The Balaban J connectivity index is 1.45. The predicted octanol–water partition coefficient (Wildman–Crippen LogP) is 5.83. The van der Waals surface area contributed by atoms with Crippen molar-refractivity contribution in [2.24, 2.45) is 0 Å². The fourth-order valence-corrected chi connectivity index (χ4v) is 4.17. The first-order chi connectivity index (χ1) is 15.7. The lowest BCUT2D eigenvalue weighted by Crippen LogP contribution is -2.35. The van der Waals surface area contributed by atoms with E-state index >= 15 is 0 Å². The molecular weight excluding hydrogens is 484 g/mol. The molecule has 33 heavy (non-hydrogen) atoms.